The molecule has 1 aliphatic rings. The van der Waals surface area contributed by atoms with E-state index < -0.39 is 0 Å². The summed E-state index contributed by atoms with van der Waals surface area (Å²) in [7, 11) is 0. The van der Waals surface area contributed by atoms with Crippen molar-refractivity contribution in [3.8, 4) is 0 Å². The molecule has 0 aromatic heterocycles. The molecule has 1 aliphatic carbocycles. The fourth-order valence-electron chi connectivity index (χ4n) is 4.17. The van der Waals surface area contributed by atoms with Crippen molar-refractivity contribution in [2.45, 2.75) is 38.8 Å². The molecular formula is C25H27N. The molecule has 0 saturated heterocycles. The van der Waals surface area contributed by atoms with Gasteiger partial charge < -0.3 is 5.32 Å². The molecule has 1 nitrogen and oxygen atoms in total. The fraction of sp³-hybridized carbons (Fsp3) is 0.280. The van der Waals surface area contributed by atoms with Gasteiger partial charge in [-0.15, -0.1) is 0 Å². The molecule has 3 aromatic rings. The van der Waals surface area contributed by atoms with Gasteiger partial charge in [0, 0.05) is 12.6 Å². The first-order valence-corrected chi connectivity index (χ1v) is 9.70. The Hall–Kier alpha value is -2.38. The Labute approximate surface area is 157 Å². The van der Waals surface area contributed by atoms with E-state index in [9.17, 15) is 0 Å². The molecule has 0 bridgehead atoms. The largest absolute Gasteiger partial charge is 0.306 e. The minimum atomic E-state index is 0.418. The van der Waals surface area contributed by atoms with E-state index in [2.05, 4.69) is 91.1 Å². The monoisotopic (exact) mass is 341 g/mol. The molecule has 0 amide bonds. The molecule has 0 fully saturated rings. The molecule has 0 spiro atoms. The van der Waals surface area contributed by atoms with Gasteiger partial charge in [0.25, 0.3) is 0 Å². The van der Waals surface area contributed by atoms with Crippen molar-refractivity contribution in [1.29, 1.82) is 0 Å². The maximum atomic E-state index is 3.88. The van der Waals surface area contributed by atoms with Gasteiger partial charge in [-0.25, -0.2) is 0 Å². The molecule has 2 unspecified atom stereocenters. The van der Waals surface area contributed by atoms with E-state index in [4.69, 9.17) is 0 Å². The maximum absolute atomic E-state index is 3.88. The number of hydrogen-bond acceptors (Lipinski definition) is 1. The van der Waals surface area contributed by atoms with Crippen molar-refractivity contribution in [3.63, 3.8) is 0 Å². The summed E-state index contributed by atoms with van der Waals surface area (Å²) in [6.45, 7) is 3.08. The second-order valence-electron chi connectivity index (χ2n) is 7.53. The molecule has 1 heteroatoms. The van der Waals surface area contributed by atoms with Crippen molar-refractivity contribution >= 4 is 0 Å². The lowest BCUT2D eigenvalue weighted by atomic mass is 9.77. The zero-order valence-electron chi connectivity index (χ0n) is 15.5. The third kappa shape index (κ3) is 3.89. The summed E-state index contributed by atoms with van der Waals surface area (Å²) in [5.41, 5.74) is 7.14. The normalized spacial score (nSPS) is 19.1. The van der Waals surface area contributed by atoms with Crippen LogP contribution in [0.4, 0.5) is 0 Å². The smallest absolute Gasteiger partial charge is 0.0357 e. The summed E-state index contributed by atoms with van der Waals surface area (Å²) in [6, 6.07) is 29.2. The summed E-state index contributed by atoms with van der Waals surface area (Å²) >= 11 is 0. The fourth-order valence-corrected chi connectivity index (χ4v) is 4.17. The van der Waals surface area contributed by atoms with Crippen LogP contribution in [0, 0.1) is 12.8 Å². The molecule has 0 saturated carbocycles. The standard InChI is InChI=1S/C25H27N/c1-19-11-13-20(14-12-19)17-23-16-15-22-9-5-6-10-24(22)25(23)26-18-21-7-3-2-4-8-21/h2-14,23,25-26H,15-18H2,1H3. The van der Waals surface area contributed by atoms with Crippen LogP contribution in [-0.4, -0.2) is 0 Å². The molecule has 26 heavy (non-hydrogen) atoms. The van der Waals surface area contributed by atoms with Crippen LogP contribution in [0.25, 0.3) is 0 Å². The van der Waals surface area contributed by atoms with Gasteiger partial charge in [-0.05, 0) is 54.4 Å². The number of rotatable bonds is 5. The Morgan fingerprint density at radius 2 is 1.54 bits per heavy atom. The Morgan fingerprint density at radius 3 is 2.35 bits per heavy atom. The maximum Gasteiger partial charge on any atom is 0.0357 e. The van der Waals surface area contributed by atoms with E-state index in [-0.39, 0.29) is 0 Å². The summed E-state index contributed by atoms with van der Waals surface area (Å²) in [6.07, 6.45) is 3.58. The highest BCUT2D eigenvalue weighted by Gasteiger charge is 2.29. The van der Waals surface area contributed by atoms with Gasteiger partial charge in [0.1, 0.15) is 0 Å². The van der Waals surface area contributed by atoms with Gasteiger partial charge in [0.05, 0.1) is 0 Å². The quantitative estimate of drug-likeness (QED) is 0.634. The van der Waals surface area contributed by atoms with E-state index in [0.717, 1.165) is 13.0 Å². The lowest BCUT2D eigenvalue weighted by Crippen LogP contribution is -2.33. The van der Waals surface area contributed by atoms with Crippen molar-refractivity contribution in [2.24, 2.45) is 5.92 Å². The van der Waals surface area contributed by atoms with Gasteiger partial charge in [0.2, 0.25) is 0 Å². The Balaban J connectivity index is 1.56. The topological polar surface area (TPSA) is 12.0 Å². The van der Waals surface area contributed by atoms with Gasteiger partial charge in [-0.2, -0.15) is 0 Å². The van der Waals surface area contributed by atoms with Gasteiger partial charge in [0.15, 0.2) is 0 Å². The van der Waals surface area contributed by atoms with Gasteiger partial charge in [-0.1, -0.05) is 84.4 Å². The molecule has 3 aromatic carbocycles. The Bertz CT molecular complexity index is 836. The van der Waals surface area contributed by atoms with E-state index in [1.165, 1.54) is 40.7 Å². The van der Waals surface area contributed by atoms with Crippen molar-refractivity contribution in [3.05, 3.63) is 107 Å². The number of benzene rings is 3. The van der Waals surface area contributed by atoms with Crippen LogP contribution in [0.1, 0.15) is 40.3 Å². The van der Waals surface area contributed by atoms with E-state index in [1.807, 2.05) is 0 Å². The molecule has 0 aliphatic heterocycles. The van der Waals surface area contributed by atoms with Crippen LogP contribution in [0.3, 0.4) is 0 Å². The third-order valence-corrected chi connectivity index (χ3v) is 5.63. The molecule has 132 valence electrons. The van der Waals surface area contributed by atoms with Crippen LogP contribution in [-0.2, 0) is 19.4 Å². The zero-order chi connectivity index (χ0) is 17.8. The second-order valence-corrected chi connectivity index (χ2v) is 7.53. The van der Waals surface area contributed by atoms with Crippen LogP contribution in [0.5, 0.6) is 0 Å². The van der Waals surface area contributed by atoms with Crippen molar-refractivity contribution in [2.75, 3.05) is 0 Å². The lowest BCUT2D eigenvalue weighted by molar-refractivity contribution is 0.317. The number of aryl methyl sites for hydroxylation is 2. The highest BCUT2D eigenvalue weighted by molar-refractivity contribution is 5.34. The van der Waals surface area contributed by atoms with E-state index in [0.29, 0.717) is 12.0 Å². The minimum absolute atomic E-state index is 0.418. The summed E-state index contributed by atoms with van der Waals surface area (Å²) in [5.74, 6) is 0.635. The van der Waals surface area contributed by atoms with Crippen molar-refractivity contribution in [1.82, 2.24) is 5.32 Å². The summed E-state index contributed by atoms with van der Waals surface area (Å²) in [5, 5.41) is 3.88. The SMILES string of the molecule is Cc1ccc(CC2CCc3ccccc3C2NCc2ccccc2)cc1. The molecule has 1 N–H and O–H groups in total. The third-order valence-electron chi connectivity index (χ3n) is 5.63. The van der Waals surface area contributed by atoms with E-state index >= 15 is 0 Å². The predicted octanol–water partition coefficient (Wildman–Crippen LogP) is 5.63. The van der Waals surface area contributed by atoms with Crippen LogP contribution in [0.15, 0.2) is 78.9 Å². The van der Waals surface area contributed by atoms with Crippen molar-refractivity contribution < 1.29 is 0 Å². The average Bonchev–Trinajstić information content (AvgIpc) is 2.69. The minimum Gasteiger partial charge on any atom is -0.306 e. The average molecular weight is 341 g/mol. The lowest BCUT2D eigenvalue weighted by Gasteiger charge is -2.35. The molecule has 0 heterocycles. The Kier molecular flexibility index (Phi) is 5.17. The zero-order valence-corrected chi connectivity index (χ0v) is 15.5. The predicted molar refractivity (Wildman–Crippen MR) is 109 cm³/mol. The molecule has 4 rings (SSSR count). The first kappa shape index (κ1) is 17.1. The van der Waals surface area contributed by atoms with Gasteiger partial charge >= 0.3 is 0 Å². The molecule has 0 radical (unpaired) electrons. The van der Waals surface area contributed by atoms with Crippen LogP contribution in [0.2, 0.25) is 0 Å². The second kappa shape index (κ2) is 7.88. The number of fused-ring (bicyclic) bond motifs is 1. The van der Waals surface area contributed by atoms with Crippen LogP contribution >= 0.6 is 0 Å². The van der Waals surface area contributed by atoms with Crippen LogP contribution < -0.4 is 5.32 Å². The first-order chi connectivity index (χ1) is 12.8. The van der Waals surface area contributed by atoms with E-state index in [1.54, 1.807) is 0 Å². The number of hydrogen-bond donors (Lipinski definition) is 1. The summed E-state index contributed by atoms with van der Waals surface area (Å²) < 4.78 is 0. The Morgan fingerprint density at radius 1 is 0.808 bits per heavy atom. The highest BCUT2D eigenvalue weighted by atomic mass is 14.9. The first-order valence-electron chi connectivity index (χ1n) is 9.70. The number of nitrogens with one attached hydrogen (secondary N) is 1. The molecule has 2 atom stereocenters. The summed E-state index contributed by atoms with van der Waals surface area (Å²) in [4.78, 5) is 0. The highest BCUT2D eigenvalue weighted by Crippen LogP contribution is 2.36. The molecular weight excluding hydrogens is 314 g/mol. The van der Waals surface area contributed by atoms with Gasteiger partial charge in [-0.3, -0.25) is 0 Å².